The van der Waals surface area contributed by atoms with E-state index in [-0.39, 0.29) is 43.1 Å². The molecule has 0 bridgehead atoms. The summed E-state index contributed by atoms with van der Waals surface area (Å²) in [5.41, 5.74) is -5.64. The van der Waals surface area contributed by atoms with Gasteiger partial charge in [-0.3, -0.25) is 9.59 Å². The summed E-state index contributed by atoms with van der Waals surface area (Å²) in [6.45, 7) is 15.0. The predicted molar refractivity (Wildman–Crippen MR) is 175 cm³/mol. The largest absolute Gasteiger partial charge is 0.511 e. The summed E-state index contributed by atoms with van der Waals surface area (Å²) in [4.78, 5) is 30.7. The van der Waals surface area contributed by atoms with Crippen molar-refractivity contribution in [3.8, 4) is 0 Å². The Labute approximate surface area is 280 Å². The Hall–Kier alpha value is -1.84. The molecule has 13 heteroatoms. The smallest absolute Gasteiger partial charge is 0.320 e. The van der Waals surface area contributed by atoms with Gasteiger partial charge in [-0.25, -0.2) is 0 Å². The summed E-state index contributed by atoms with van der Waals surface area (Å²) in [5, 5.41) is 58.4. The third kappa shape index (κ3) is 9.45. The number of cyclic esters (lactones) is 1. The van der Waals surface area contributed by atoms with Crippen LogP contribution >= 0.6 is 0 Å². The van der Waals surface area contributed by atoms with Gasteiger partial charge in [0.1, 0.15) is 41.2 Å². The maximum atomic E-state index is 14.1. The van der Waals surface area contributed by atoms with Crippen LogP contribution in [-0.4, -0.2) is 142 Å². The van der Waals surface area contributed by atoms with Crippen LogP contribution in [0.3, 0.4) is 0 Å². The van der Waals surface area contributed by atoms with Crippen LogP contribution in [0.25, 0.3) is 0 Å². The van der Waals surface area contributed by atoms with E-state index < -0.39 is 77.5 Å². The topological polar surface area (TPSA) is 179 Å². The predicted octanol–water partition coefficient (Wildman–Crippen LogP) is 2.13. The number of rotatable bonds is 7. The Balaban J connectivity index is 2.83. The van der Waals surface area contributed by atoms with Gasteiger partial charge in [-0.1, -0.05) is 13.8 Å². The number of ether oxygens (including phenoxy) is 4. The molecule has 13 nitrogen and oxygen atoms in total. The molecule has 47 heavy (non-hydrogen) atoms. The normalized spacial score (nSPS) is 43.6. The third-order valence-corrected chi connectivity index (χ3v) is 10.0. The zero-order valence-electron chi connectivity index (χ0n) is 30.5. The third-order valence-electron chi connectivity index (χ3n) is 10.0. The molecular formula is C34H62N2O11. The van der Waals surface area contributed by atoms with Crippen LogP contribution in [0.4, 0.5) is 0 Å². The van der Waals surface area contributed by atoms with Crippen LogP contribution in [-0.2, 0) is 28.5 Å². The lowest BCUT2D eigenvalue weighted by Crippen LogP contribution is -2.59. The minimum Gasteiger partial charge on any atom is -0.511 e. The molecule has 0 aromatic carbocycles. The highest BCUT2D eigenvalue weighted by atomic mass is 16.7. The quantitative estimate of drug-likeness (QED) is 0.248. The summed E-state index contributed by atoms with van der Waals surface area (Å²) >= 11 is 0. The van der Waals surface area contributed by atoms with Gasteiger partial charge >= 0.3 is 11.9 Å². The second kappa shape index (κ2) is 16.2. The molecule has 0 radical (unpaired) electrons. The van der Waals surface area contributed by atoms with Crippen LogP contribution in [0.15, 0.2) is 11.3 Å². The first kappa shape index (κ1) is 41.3. The van der Waals surface area contributed by atoms with Gasteiger partial charge in [-0.2, -0.15) is 0 Å². The van der Waals surface area contributed by atoms with Gasteiger partial charge in [0.15, 0.2) is 6.29 Å². The average molecular weight is 675 g/mol. The van der Waals surface area contributed by atoms with Gasteiger partial charge in [0.05, 0.1) is 24.7 Å². The first-order chi connectivity index (χ1) is 21.5. The van der Waals surface area contributed by atoms with Gasteiger partial charge < -0.3 is 54.3 Å². The fourth-order valence-electron chi connectivity index (χ4n) is 7.15. The first-order valence-corrected chi connectivity index (χ1v) is 16.8. The van der Waals surface area contributed by atoms with Gasteiger partial charge in [0.25, 0.3) is 0 Å². The Kier molecular flexibility index (Phi) is 14.3. The van der Waals surface area contributed by atoms with E-state index in [1.807, 2.05) is 37.7 Å². The van der Waals surface area contributed by atoms with Gasteiger partial charge in [0.2, 0.25) is 0 Å². The average Bonchev–Trinajstić information content (AvgIpc) is 2.96. The molecule has 5 N–H and O–H groups in total. The van der Waals surface area contributed by atoms with Crippen LogP contribution in [0.1, 0.15) is 88.0 Å². The number of aliphatic hydroxyl groups excluding tert-OH is 3. The monoisotopic (exact) mass is 674 g/mol. The molecule has 2 aliphatic rings. The summed E-state index contributed by atoms with van der Waals surface area (Å²) in [6.07, 6.45) is -6.38. The lowest BCUT2D eigenvalue weighted by Gasteiger charge is -2.45. The molecule has 2 heterocycles. The minimum atomic E-state index is -2.05. The number of likely N-dealkylation sites (N-methyl/N-ethyl adjacent to an activating group) is 2. The fraction of sp³-hybridized carbons (Fsp3) is 0.882. The first-order valence-electron chi connectivity index (χ1n) is 16.8. The van der Waals surface area contributed by atoms with Crippen LogP contribution in [0.2, 0.25) is 0 Å². The number of aliphatic hydroxyl groups is 5. The van der Waals surface area contributed by atoms with Gasteiger partial charge in [-0.15, -0.1) is 0 Å². The Bertz CT molecular complexity index is 1100. The second-order valence-electron chi connectivity index (χ2n) is 14.8. The van der Waals surface area contributed by atoms with Crippen molar-refractivity contribution in [2.24, 2.45) is 11.3 Å². The molecule has 2 rings (SSSR count). The second-order valence-corrected chi connectivity index (χ2v) is 14.8. The number of nitrogens with zero attached hydrogens (tertiary/aromatic N) is 2. The van der Waals surface area contributed by atoms with Crippen LogP contribution in [0.5, 0.6) is 0 Å². The van der Waals surface area contributed by atoms with Crippen molar-refractivity contribution in [2.45, 2.75) is 148 Å². The van der Waals surface area contributed by atoms with E-state index in [0.717, 1.165) is 0 Å². The lowest BCUT2D eigenvalue weighted by atomic mass is 9.78. The number of carbonyl (C=O) groups excluding carboxylic acids is 2. The Morgan fingerprint density at radius 2 is 1.70 bits per heavy atom. The zero-order valence-corrected chi connectivity index (χ0v) is 30.5. The highest BCUT2D eigenvalue weighted by molar-refractivity contribution is 5.86. The minimum absolute atomic E-state index is 0.0256. The lowest BCUT2D eigenvalue weighted by molar-refractivity contribution is -0.281. The van der Waals surface area contributed by atoms with Crippen LogP contribution < -0.4 is 0 Å². The molecule has 0 aliphatic carbocycles. The molecule has 1 fully saturated rings. The van der Waals surface area contributed by atoms with E-state index in [1.165, 1.54) is 20.8 Å². The molecule has 1 saturated heterocycles. The summed E-state index contributed by atoms with van der Waals surface area (Å²) in [6, 6.07) is -0.922. The zero-order chi connectivity index (χ0) is 36.2. The Morgan fingerprint density at radius 1 is 1.11 bits per heavy atom. The van der Waals surface area contributed by atoms with E-state index in [0.29, 0.717) is 13.0 Å². The molecule has 0 saturated carbocycles. The standard InChI is InChI=1S/C34H62N2O11/c1-13-24-34(9,43)28(40)22(6)36(12)18-19(3)16-33(8,42)29(47-30-26(38)23(35(10)11)15-20(4)45-30)21(5)27(39)32(7,31(41)46-24)17-25(37)44-14-2/h19-20,22-24,26,28-30,38-40,42-43H,13-18H2,1-12H3/b27-21-/t19-,20-,22-,23?,24-,26-,28-,29-,30+,32?,33?,34-/m1/s1. The molecule has 0 spiro atoms. The Morgan fingerprint density at radius 3 is 2.23 bits per heavy atom. The summed E-state index contributed by atoms with van der Waals surface area (Å²) in [5.74, 6) is -2.63. The van der Waals surface area contributed by atoms with Crippen molar-refractivity contribution >= 4 is 11.9 Å². The molecule has 0 aromatic rings. The SMILES string of the molecule is CCOC(=O)CC1(C)C(=O)O[C@H](CC)[C@@](C)(O)[C@H](O)[C@@H](C)N(C)C[C@H](C)CC(C)(O)[C@H](O[C@@H]2O[C@H](C)CC(N(C)C)[C@H]2O)/C(C)=C/1O. The van der Waals surface area contributed by atoms with Crippen LogP contribution in [0, 0.1) is 11.3 Å². The van der Waals surface area contributed by atoms with Crippen molar-refractivity contribution in [1.29, 1.82) is 0 Å². The molecule has 0 amide bonds. The summed E-state index contributed by atoms with van der Waals surface area (Å²) < 4.78 is 23.5. The van der Waals surface area contributed by atoms with Gasteiger partial charge in [0, 0.05) is 18.6 Å². The highest BCUT2D eigenvalue weighted by Gasteiger charge is 2.51. The molecule has 2 aliphatic heterocycles. The van der Waals surface area contributed by atoms with E-state index >= 15 is 0 Å². The van der Waals surface area contributed by atoms with E-state index in [2.05, 4.69) is 0 Å². The summed E-state index contributed by atoms with van der Waals surface area (Å²) in [7, 11) is 5.46. The molecule has 3 unspecified atom stereocenters. The number of hydrogen-bond acceptors (Lipinski definition) is 13. The molecular weight excluding hydrogens is 612 g/mol. The number of esters is 2. The van der Waals surface area contributed by atoms with Gasteiger partial charge in [-0.05, 0) is 100 Å². The maximum Gasteiger partial charge on any atom is 0.320 e. The van der Waals surface area contributed by atoms with E-state index in [1.54, 1.807) is 34.7 Å². The van der Waals surface area contributed by atoms with Crippen molar-refractivity contribution in [1.82, 2.24) is 9.80 Å². The van der Waals surface area contributed by atoms with Crippen molar-refractivity contribution in [3.63, 3.8) is 0 Å². The number of carbonyl (C=O) groups is 2. The van der Waals surface area contributed by atoms with Crippen molar-refractivity contribution < 1.29 is 54.1 Å². The molecule has 0 aromatic heterocycles. The van der Waals surface area contributed by atoms with E-state index in [9.17, 15) is 35.1 Å². The maximum absolute atomic E-state index is 14.1. The van der Waals surface area contributed by atoms with Crippen molar-refractivity contribution in [3.05, 3.63) is 11.3 Å². The molecule has 12 atom stereocenters. The fourth-order valence-corrected chi connectivity index (χ4v) is 7.15. The van der Waals surface area contributed by atoms with Crippen molar-refractivity contribution in [2.75, 3.05) is 34.3 Å². The molecule has 274 valence electrons. The van der Waals surface area contributed by atoms with E-state index in [4.69, 9.17) is 18.9 Å². The number of hydrogen-bond donors (Lipinski definition) is 5. The highest BCUT2D eigenvalue weighted by Crippen LogP contribution is 2.41.